The highest BCUT2D eigenvalue weighted by atomic mass is 31.1. The maximum absolute atomic E-state index is 2.39. The summed E-state index contributed by atoms with van der Waals surface area (Å²) >= 11 is 0. The minimum atomic E-state index is 1.27. The van der Waals surface area contributed by atoms with Crippen molar-refractivity contribution in [2.75, 3.05) is 0 Å². The third-order valence-electron chi connectivity index (χ3n) is 6.33. The van der Waals surface area contributed by atoms with Gasteiger partial charge in [0.15, 0.2) is 0 Å². The van der Waals surface area contributed by atoms with Crippen LogP contribution < -0.4 is 0 Å². The summed E-state index contributed by atoms with van der Waals surface area (Å²) in [7, 11) is 1.38. The summed E-state index contributed by atoms with van der Waals surface area (Å²) < 4.78 is 0. The molecule has 0 heterocycles. The Kier molecular flexibility index (Phi) is 29.8. The third kappa shape index (κ3) is 29.9. The van der Waals surface area contributed by atoms with Gasteiger partial charge in [-0.1, -0.05) is 166 Å². The van der Waals surface area contributed by atoms with E-state index in [1.165, 1.54) is 163 Å². The van der Waals surface area contributed by atoms with Crippen LogP contribution in [0.15, 0.2) is 23.8 Å². The van der Waals surface area contributed by atoms with E-state index >= 15 is 0 Å². The highest BCUT2D eigenvalue weighted by Crippen LogP contribution is 2.17. The van der Waals surface area contributed by atoms with Crippen LogP contribution in [0.5, 0.6) is 0 Å². The Balaban J connectivity index is 3.14. The zero-order valence-corrected chi connectivity index (χ0v) is 22.6. The van der Waals surface area contributed by atoms with E-state index in [1.54, 1.807) is 0 Å². The Morgan fingerprint density at radius 3 is 0.903 bits per heavy atom. The maximum Gasteiger partial charge on any atom is -0.0267 e. The van der Waals surface area contributed by atoms with Gasteiger partial charge in [0.05, 0.1) is 0 Å². The zero-order chi connectivity index (χ0) is 22.5. The van der Waals surface area contributed by atoms with E-state index in [2.05, 4.69) is 37.6 Å². The molecule has 0 aliphatic carbocycles. The zero-order valence-electron chi connectivity index (χ0n) is 21.7. The molecule has 1 heteroatoms. The molecule has 0 aromatic rings. The van der Waals surface area contributed by atoms with Crippen LogP contribution in [0.4, 0.5) is 0 Å². The molecular formula is C30H58P. The van der Waals surface area contributed by atoms with Crippen molar-refractivity contribution in [3.63, 3.8) is 0 Å². The van der Waals surface area contributed by atoms with Gasteiger partial charge in [0.25, 0.3) is 0 Å². The molecule has 0 aliphatic rings. The van der Waals surface area contributed by atoms with Gasteiger partial charge in [-0.15, -0.1) is 0 Å². The summed E-state index contributed by atoms with van der Waals surface area (Å²) in [4.78, 5) is 0. The number of rotatable bonds is 26. The van der Waals surface area contributed by atoms with Gasteiger partial charge in [-0.2, -0.15) is 0 Å². The van der Waals surface area contributed by atoms with Gasteiger partial charge < -0.3 is 0 Å². The van der Waals surface area contributed by atoms with Crippen molar-refractivity contribution in [3.8, 4) is 0 Å². The first-order valence-electron chi connectivity index (χ1n) is 14.4. The predicted molar refractivity (Wildman–Crippen MR) is 147 cm³/mol. The van der Waals surface area contributed by atoms with Crippen LogP contribution in [0.25, 0.3) is 0 Å². The molecule has 31 heavy (non-hydrogen) atoms. The fraction of sp³-hybridized carbons (Fsp3) is 0.867. The van der Waals surface area contributed by atoms with E-state index in [9.17, 15) is 0 Å². The number of unbranched alkanes of at least 4 members (excludes halogenated alkanes) is 22. The van der Waals surface area contributed by atoms with Crippen LogP contribution in [0.3, 0.4) is 0 Å². The second-order valence-corrected chi connectivity index (χ2v) is 10.5. The summed E-state index contributed by atoms with van der Waals surface area (Å²) in [6, 6.07) is 0. The number of allylic oxidation sites excluding steroid dienone is 2. The average molecular weight is 450 g/mol. The molecule has 0 aromatic carbocycles. The number of hydrogen-bond acceptors (Lipinski definition) is 0. The van der Waals surface area contributed by atoms with E-state index in [4.69, 9.17) is 0 Å². The summed E-state index contributed by atoms with van der Waals surface area (Å²) in [5.41, 5.74) is 0. The summed E-state index contributed by atoms with van der Waals surface area (Å²) in [5, 5.41) is 0. The van der Waals surface area contributed by atoms with E-state index < -0.39 is 0 Å². The lowest BCUT2D eigenvalue weighted by molar-refractivity contribution is 0.550. The van der Waals surface area contributed by atoms with Gasteiger partial charge >= 0.3 is 0 Å². The molecule has 0 atom stereocenters. The molecule has 0 nitrogen and oxygen atoms in total. The molecular weight excluding hydrogens is 391 g/mol. The fourth-order valence-electron chi connectivity index (χ4n) is 4.17. The molecule has 0 saturated heterocycles. The minimum Gasteiger partial charge on any atom is -0.0834 e. The van der Waals surface area contributed by atoms with Crippen molar-refractivity contribution >= 4 is 8.58 Å². The SMILES string of the molecule is CCCCCCCCCCCCCC=C[P]C=CCCCCCCCCCCCCC. The molecule has 0 bridgehead atoms. The Bertz CT molecular complexity index is 323. The van der Waals surface area contributed by atoms with Gasteiger partial charge in [-0.05, 0) is 34.3 Å². The van der Waals surface area contributed by atoms with Crippen molar-refractivity contribution < 1.29 is 0 Å². The fourth-order valence-corrected chi connectivity index (χ4v) is 4.81. The topological polar surface area (TPSA) is 0 Å². The highest BCUT2D eigenvalue weighted by molar-refractivity contribution is 7.45. The van der Waals surface area contributed by atoms with E-state index in [-0.39, 0.29) is 0 Å². The molecule has 1 radical (unpaired) electrons. The average Bonchev–Trinajstić information content (AvgIpc) is 2.78. The Morgan fingerprint density at radius 1 is 0.355 bits per heavy atom. The Hall–Kier alpha value is -0.0900. The molecule has 0 aliphatic heterocycles. The van der Waals surface area contributed by atoms with Gasteiger partial charge in [0.1, 0.15) is 0 Å². The normalized spacial score (nSPS) is 12.3. The van der Waals surface area contributed by atoms with E-state index in [0.717, 1.165) is 0 Å². The molecule has 183 valence electrons. The maximum atomic E-state index is 2.39. The molecule has 0 fully saturated rings. The molecule has 0 amide bonds. The van der Waals surface area contributed by atoms with Crippen LogP contribution in [0, 0.1) is 0 Å². The third-order valence-corrected chi connectivity index (χ3v) is 7.10. The van der Waals surface area contributed by atoms with Crippen molar-refractivity contribution in [2.45, 2.75) is 168 Å². The summed E-state index contributed by atoms with van der Waals surface area (Å²) in [6.45, 7) is 4.60. The van der Waals surface area contributed by atoms with Crippen molar-refractivity contribution in [3.05, 3.63) is 23.8 Å². The van der Waals surface area contributed by atoms with E-state index in [0.29, 0.717) is 0 Å². The van der Waals surface area contributed by atoms with Gasteiger partial charge in [-0.3, -0.25) is 0 Å². The lowest BCUT2D eigenvalue weighted by atomic mass is 10.1. The first kappa shape index (κ1) is 30.9. The van der Waals surface area contributed by atoms with Crippen molar-refractivity contribution in [2.24, 2.45) is 0 Å². The van der Waals surface area contributed by atoms with E-state index in [1.807, 2.05) is 0 Å². The largest absolute Gasteiger partial charge is 0.0834 e. The first-order valence-corrected chi connectivity index (χ1v) is 15.4. The highest BCUT2D eigenvalue weighted by Gasteiger charge is 1.93. The standard InChI is InChI=1S/C30H58P/c1-3-5-7-9-11-13-15-17-19-21-23-25-27-29-31-30-28-26-24-22-20-18-16-14-12-10-8-6-4-2/h27-30H,3-26H2,1-2H3. The van der Waals surface area contributed by atoms with Crippen LogP contribution in [0.2, 0.25) is 0 Å². The molecule has 0 rings (SSSR count). The smallest absolute Gasteiger partial charge is 0.0267 e. The van der Waals surface area contributed by atoms with Crippen molar-refractivity contribution in [1.82, 2.24) is 0 Å². The first-order chi connectivity index (χ1) is 15.4. The summed E-state index contributed by atoms with van der Waals surface area (Å²) in [6.07, 6.45) is 39.0. The van der Waals surface area contributed by atoms with Crippen molar-refractivity contribution in [1.29, 1.82) is 0 Å². The second-order valence-electron chi connectivity index (χ2n) is 9.57. The van der Waals surface area contributed by atoms with Crippen LogP contribution >= 0.6 is 8.58 Å². The number of hydrogen-bond donors (Lipinski definition) is 0. The van der Waals surface area contributed by atoms with Gasteiger partial charge in [0, 0.05) is 0 Å². The molecule has 0 spiro atoms. The van der Waals surface area contributed by atoms with Gasteiger partial charge in [-0.25, -0.2) is 0 Å². The summed E-state index contributed by atoms with van der Waals surface area (Å²) in [5.74, 6) is 4.68. The Labute approximate surface area is 200 Å². The Morgan fingerprint density at radius 2 is 0.613 bits per heavy atom. The van der Waals surface area contributed by atoms with Gasteiger partial charge in [0.2, 0.25) is 0 Å². The molecule has 0 N–H and O–H groups in total. The monoisotopic (exact) mass is 449 g/mol. The second kappa shape index (κ2) is 29.9. The molecule has 0 unspecified atom stereocenters. The quantitative estimate of drug-likeness (QED) is 0.0909. The minimum absolute atomic E-state index is 1.27. The van der Waals surface area contributed by atoms with Crippen LogP contribution in [-0.2, 0) is 0 Å². The lowest BCUT2D eigenvalue weighted by Gasteiger charge is -2.01. The van der Waals surface area contributed by atoms with Crippen LogP contribution in [-0.4, -0.2) is 0 Å². The lowest BCUT2D eigenvalue weighted by Crippen LogP contribution is -1.81. The molecule has 0 aromatic heterocycles. The molecule has 0 saturated carbocycles. The predicted octanol–water partition coefficient (Wildman–Crippen LogP) is 12.4. The van der Waals surface area contributed by atoms with Crippen LogP contribution in [0.1, 0.15) is 168 Å².